The molecule has 0 nitrogen and oxygen atoms in total. The summed E-state index contributed by atoms with van der Waals surface area (Å²) in [6.45, 7) is 30.0. The molecule has 1 aliphatic carbocycles. The molecule has 22 heavy (non-hydrogen) atoms. The van der Waals surface area contributed by atoms with Crippen LogP contribution in [0.15, 0.2) is 0 Å². The van der Waals surface area contributed by atoms with Crippen LogP contribution in [0.25, 0.3) is 0 Å². The fourth-order valence-corrected chi connectivity index (χ4v) is 0.167. The van der Waals surface area contributed by atoms with Gasteiger partial charge in [-0.15, -0.1) is 0 Å². The average Bonchev–Trinajstić information content (AvgIpc) is 3.22. The van der Waals surface area contributed by atoms with Crippen molar-refractivity contribution in [3.05, 3.63) is 6.92 Å². The van der Waals surface area contributed by atoms with E-state index in [1.807, 2.05) is 41.5 Å². The van der Waals surface area contributed by atoms with Crippen molar-refractivity contribution in [2.45, 2.75) is 117 Å². The normalized spacial score (nSPS) is 8.32. The molecule has 0 aromatic rings. The third-order valence-corrected chi connectivity index (χ3v) is 0.866. The Labute approximate surface area is 198 Å². The van der Waals surface area contributed by atoms with E-state index >= 15 is 0 Å². The van der Waals surface area contributed by atoms with E-state index in [0.717, 1.165) is 11.8 Å². The minimum atomic E-state index is 0. The molecule has 0 saturated heterocycles. The monoisotopic (exact) mass is 471 g/mol. The zero-order valence-corrected chi connectivity index (χ0v) is 23.8. The average molecular weight is 471 g/mol. The van der Waals surface area contributed by atoms with Crippen LogP contribution in [0.4, 0.5) is 0 Å². The Hall–Kier alpha value is 2.21. The van der Waals surface area contributed by atoms with E-state index in [4.69, 9.17) is 0 Å². The molecule has 2 radical (unpaired) electrons. The van der Waals surface area contributed by atoms with Crippen LogP contribution in [0.2, 0.25) is 0 Å². The van der Waals surface area contributed by atoms with Gasteiger partial charge in [-0.25, -0.2) is 0 Å². The van der Waals surface area contributed by atoms with Crippen LogP contribution in [0.5, 0.6) is 0 Å². The largest absolute Gasteiger partial charge is 0.346 e. The fourth-order valence-electron chi connectivity index (χ4n) is 0.167. The zero-order chi connectivity index (χ0) is 17.3. The molecule has 0 amide bonds. The van der Waals surface area contributed by atoms with Crippen molar-refractivity contribution < 1.29 is 65.4 Å². The first kappa shape index (κ1) is 56.4. The Balaban J connectivity index is -0.0000000129. The smallest absolute Gasteiger partial charge is 0 e. The Morgan fingerprint density at radius 2 is 0.818 bits per heavy atom. The Morgan fingerprint density at radius 3 is 0.818 bits per heavy atom. The predicted molar refractivity (Wildman–Crippen MR) is 107 cm³/mol. The Morgan fingerprint density at radius 1 is 0.773 bits per heavy atom. The Bertz CT molecular complexity index is 58.0. The van der Waals surface area contributed by atoms with Gasteiger partial charge in [0, 0.05) is 65.4 Å². The van der Waals surface area contributed by atoms with Crippen LogP contribution in [0.3, 0.4) is 0 Å². The summed E-state index contributed by atoms with van der Waals surface area (Å²) in [5.74, 6) is 1.92. The topological polar surface area (TPSA) is 0 Å². The van der Waals surface area contributed by atoms with E-state index in [2.05, 4.69) is 48.5 Å². The van der Waals surface area contributed by atoms with Gasteiger partial charge in [0.05, 0.1) is 0 Å². The maximum atomic E-state index is 3.25. The molecule has 0 unspecified atom stereocenters. The van der Waals surface area contributed by atoms with Gasteiger partial charge in [0.25, 0.3) is 0 Å². The summed E-state index contributed by atoms with van der Waals surface area (Å²) in [5, 5.41) is 0. The molecule has 0 aromatic heterocycles. The molecule has 0 N–H and O–H groups in total. The molecule has 0 atom stereocenters. The number of hydrogen-bond acceptors (Lipinski definition) is 0. The molecule has 2 heteroatoms. The van der Waals surface area contributed by atoms with Gasteiger partial charge in [-0.3, -0.25) is 0 Å². The summed E-state index contributed by atoms with van der Waals surface area (Å²) >= 11 is 0. The van der Waals surface area contributed by atoms with Gasteiger partial charge in [-0.05, 0) is 11.8 Å². The number of hydrogen-bond donors (Lipinski definition) is 0. The molecule has 1 saturated carbocycles. The van der Waals surface area contributed by atoms with Crippen molar-refractivity contribution in [3.8, 4) is 0 Å². The quantitative estimate of drug-likeness (QED) is 0.309. The SMILES string of the molecule is C.CC.CC.CC.CC(C)C.CC1CC1.CCC.[CH2-]C.[Y].[Y]. The van der Waals surface area contributed by atoms with Crippen molar-refractivity contribution in [1.29, 1.82) is 0 Å². The first-order valence-corrected chi connectivity index (χ1v) is 8.75. The molecular weight excluding hydrogens is 418 g/mol. The van der Waals surface area contributed by atoms with Gasteiger partial charge in [0.15, 0.2) is 0 Å². The van der Waals surface area contributed by atoms with Crippen LogP contribution >= 0.6 is 0 Å². The van der Waals surface area contributed by atoms with E-state index in [1.54, 1.807) is 6.92 Å². The van der Waals surface area contributed by atoms with Gasteiger partial charge in [-0.2, -0.15) is 6.92 Å². The molecular formula is C20H53Y2-. The minimum Gasteiger partial charge on any atom is -0.346 e. The predicted octanol–water partition coefficient (Wildman–Crippen LogP) is 9.04. The summed E-state index contributed by atoms with van der Waals surface area (Å²) in [6.07, 6.45) is 4.22. The molecule has 0 bridgehead atoms. The number of rotatable bonds is 0. The molecule has 1 fully saturated rings. The van der Waals surface area contributed by atoms with Crippen LogP contribution in [-0.4, -0.2) is 0 Å². The van der Waals surface area contributed by atoms with E-state index in [-0.39, 0.29) is 72.8 Å². The van der Waals surface area contributed by atoms with Crippen molar-refractivity contribution in [1.82, 2.24) is 0 Å². The first-order chi connectivity index (χ1) is 9.04. The van der Waals surface area contributed by atoms with E-state index < -0.39 is 0 Å². The van der Waals surface area contributed by atoms with Crippen molar-refractivity contribution in [3.63, 3.8) is 0 Å². The van der Waals surface area contributed by atoms with Crippen LogP contribution in [0.1, 0.15) is 117 Å². The van der Waals surface area contributed by atoms with E-state index in [0.29, 0.717) is 0 Å². The van der Waals surface area contributed by atoms with E-state index in [9.17, 15) is 0 Å². The third kappa shape index (κ3) is 368. The van der Waals surface area contributed by atoms with Crippen LogP contribution in [0, 0.1) is 18.8 Å². The summed E-state index contributed by atoms with van der Waals surface area (Å²) in [7, 11) is 0. The maximum absolute atomic E-state index is 3.25. The van der Waals surface area contributed by atoms with Crippen molar-refractivity contribution >= 4 is 0 Å². The molecule has 0 heterocycles. The molecule has 0 aliphatic heterocycles. The van der Waals surface area contributed by atoms with Crippen LogP contribution in [-0.2, 0) is 65.4 Å². The molecule has 140 valence electrons. The second-order valence-corrected chi connectivity index (χ2v) is 4.12. The standard InChI is InChI=1S/C4H8.C4H10.C3H8.3C2H6.C2H5.CH4.2Y/c1-4-2-3-4;1-4(2)3;1-3-2;4*1-2;;;/h4H,2-3H2,1H3;4H,1-3H3;3H2,1-2H3;3*1-2H3;1H2,2H3;1H4;;/q;;;;;;-1;;;. The minimum absolute atomic E-state index is 0. The first-order valence-electron chi connectivity index (χ1n) is 8.75. The van der Waals surface area contributed by atoms with Crippen molar-refractivity contribution in [2.75, 3.05) is 0 Å². The molecule has 0 aromatic carbocycles. The van der Waals surface area contributed by atoms with E-state index in [1.165, 1.54) is 19.3 Å². The third-order valence-electron chi connectivity index (χ3n) is 0.866. The van der Waals surface area contributed by atoms with Gasteiger partial charge in [0.2, 0.25) is 0 Å². The summed E-state index contributed by atoms with van der Waals surface area (Å²) < 4.78 is 0. The summed E-state index contributed by atoms with van der Waals surface area (Å²) in [5.41, 5.74) is 0. The fraction of sp³-hybridized carbons (Fsp3) is 0.950. The summed E-state index contributed by atoms with van der Waals surface area (Å²) in [6, 6.07) is 0. The molecule has 0 spiro atoms. The Kier molecular flexibility index (Phi) is 233. The van der Waals surface area contributed by atoms with Crippen molar-refractivity contribution in [2.24, 2.45) is 11.8 Å². The summed E-state index contributed by atoms with van der Waals surface area (Å²) in [4.78, 5) is 0. The van der Waals surface area contributed by atoms with Gasteiger partial charge < -0.3 is 6.92 Å². The molecule has 1 rings (SSSR count). The second kappa shape index (κ2) is 91.1. The van der Waals surface area contributed by atoms with Gasteiger partial charge in [-0.1, -0.05) is 110 Å². The maximum Gasteiger partial charge on any atom is 0 e. The van der Waals surface area contributed by atoms with Gasteiger partial charge in [0.1, 0.15) is 0 Å². The van der Waals surface area contributed by atoms with Gasteiger partial charge >= 0.3 is 0 Å². The zero-order valence-electron chi connectivity index (χ0n) is 18.1. The molecule has 1 aliphatic rings. The van der Waals surface area contributed by atoms with Crippen LogP contribution < -0.4 is 0 Å². The second-order valence-electron chi connectivity index (χ2n) is 4.12.